The molecule has 1 aliphatic heterocycles. The molecule has 1 atom stereocenters. The minimum absolute atomic E-state index is 0.146. The lowest BCUT2D eigenvalue weighted by Crippen LogP contribution is -2.31. The van der Waals surface area contributed by atoms with Gasteiger partial charge in [-0.1, -0.05) is 32.0 Å². The smallest absolute Gasteiger partial charge is 0.318 e. The number of nitrogens with zero attached hydrogens (tertiary/aromatic N) is 3. The molecule has 2 aromatic heterocycles. The molecule has 1 aliphatic rings. The van der Waals surface area contributed by atoms with E-state index >= 15 is 0 Å². The third-order valence-corrected chi connectivity index (χ3v) is 5.35. The van der Waals surface area contributed by atoms with Crippen molar-refractivity contribution < 1.29 is 14.3 Å². The van der Waals surface area contributed by atoms with Crippen LogP contribution in [0.1, 0.15) is 37.4 Å². The summed E-state index contributed by atoms with van der Waals surface area (Å²) in [5.74, 6) is -1.27. The van der Waals surface area contributed by atoms with Crippen LogP contribution in [0.5, 0.6) is 0 Å². The summed E-state index contributed by atoms with van der Waals surface area (Å²) in [6, 6.07) is 14.4. The van der Waals surface area contributed by atoms with Gasteiger partial charge in [0.25, 0.3) is 5.56 Å². The van der Waals surface area contributed by atoms with Crippen LogP contribution in [0.2, 0.25) is 0 Å². The number of hydrogen-bond acceptors (Lipinski definition) is 5. The van der Waals surface area contributed by atoms with Gasteiger partial charge in [-0.3, -0.25) is 18.8 Å². The Morgan fingerprint density at radius 2 is 1.93 bits per heavy atom. The van der Waals surface area contributed by atoms with Crippen LogP contribution >= 0.6 is 0 Å². The zero-order valence-corrected chi connectivity index (χ0v) is 16.9. The molecule has 1 unspecified atom stereocenters. The average molecular weight is 405 g/mol. The lowest BCUT2D eigenvalue weighted by molar-refractivity contribution is -0.152. The highest BCUT2D eigenvalue weighted by Crippen LogP contribution is 2.27. The van der Waals surface area contributed by atoms with Gasteiger partial charge in [-0.15, -0.1) is 0 Å². The molecule has 3 aromatic rings. The van der Waals surface area contributed by atoms with Crippen molar-refractivity contribution in [2.75, 3.05) is 11.4 Å². The Labute approximate surface area is 173 Å². The van der Waals surface area contributed by atoms with Gasteiger partial charge in [0, 0.05) is 24.5 Å². The fraction of sp³-hybridized carbons (Fsp3) is 0.304. The summed E-state index contributed by atoms with van der Waals surface area (Å²) in [5, 5.41) is 0. The zero-order valence-electron chi connectivity index (χ0n) is 16.9. The molecule has 0 spiro atoms. The Morgan fingerprint density at radius 3 is 2.67 bits per heavy atom. The van der Waals surface area contributed by atoms with Gasteiger partial charge in [-0.05, 0) is 42.2 Å². The lowest BCUT2D eigenvalue weighted by atomic mass is 10.0. The van der Waals surface area contributed by atoms with Crippen molar-refractivity contribution in [2.24, 2.45) is 5.92 Å². The van der Waals surface area contributed by atoms with Crippen molar-refractivity contribution in [1.29, 1.82) is 0 Å². The molecule has 3 heterocycles. The number of fused-ring (bicyclic) bond motifs is 1. The first-order valence-corrected chi connectivity index (χ1v) is 9.99. The van der Waals surface area contributed by atoms with E-state index in [0.717, 1.165) is 5.69 Å². The van der Waals surface area contributed by atoms with E-state index in [1.807, 2.05) is 24.3 Å². The Kier molecular flexibility index (Phi) is 5.35. The van der Waals surface area contributed by atoms with Crippen molar-refractivity contribution >= 4 is 23.2 Å². The molecule has 0 aliphatic carbocycles. The molecule has 0 radical (unpaired) electrons. The second-order valence-corrected chi connectivity index (χ2v) is 7.70. The molecular weight excluding hydrogens is 382 g/mol. The van der Waals surface area contributed by atoms with E-state index in [-0.39, 0.29) is 18.1 Å². The Morgan fingerprint density at radius 1 is 1.17 bits per heavy atom. The summed E-state index contributed by atoms with van der Waals surface area (Å²) in [4.78, 5) is 43.4. The first-order chi connectivity index (χ1) is 14.4. The first kappa shape index (κ1) is 19.8. The monoisotopic (exact) mass is 405 g/mol. The maximum absolute atomic E-state index is 12.8. The summed E-state index contributed by atoms with van der Waals surface area (Å²) in [6.45, 7) is 4.55. The highest BCUT2D eigenvalue weighted by atomic mass is 16.5. The van der Waals surface area contributed by atoms with Crippen LogP contribution in [-0.4, -0.2) is 27.8 Å². The van der Waals surface area contributed by atoms with Gasteiger partial charge in [-0.25, -0.2) is 4.98 Å². The molecule has 4 rings (SSSR count). The Hall–Kier alpha value is -3.48. The van der Waals surface area contributed by atoms with E-state index in [9.17, 15) is 14.4 Å². The number of amides is 1. The van der Waals surface area contributed by atoms with E-state index < -0.39 is 11.9 Å². The van der Waals surface area contributed by atoms with Gasteiger partial charge < -0.3 is 9.64 Å². The fourth-order valence-electron chi connectivity index (χ4n) is 3.62. The number of benzene rings is 1. The number of pyridine rings is 1. The Balaban J connectivity index is 1.42. The molecule has 154 valence electrons. The largest absolute Gasteiger partial charge is 0.459 e. The van der Waals surface area contributed by atoms with E-state index in [1.165, 1.54) is 16.0 Å². The first-order valence-electron chi connectivity index (χ1n) is 9.99. The maximum Gasteiger partial charge on any atom is 0.318 e. The Bertz CT molecular complexity index is 1150. The van der Waals surface area contributed by atoms with Crippen LogP contribution in [-0.2, 0) is 20.9 Å². The van der Waals surface area contributed by atoms with Crippen LogP contribution in [0.4, 0.5) is 5.69 Å². The molecular formula is C23H23N3O4. The molecule has 0 bridgehead atoms. The maximum atomic E-state index is 12.8. The summed E-state index contributed by atoms with van der Waals surface area (Å²) < 4.78 is 6.73. The number of hydrogen-bond donors (Lipinski definition) is 0. The lowest BCUT2D eigenvalue weighted by Gasteiger charge is -2.17. The standard InChI is InChI=1S/C23H23N3O4/c1-15(2)16-6-8-18(9-7-16)25-12-10-19(22(25)28)23(29)30-14-17-13-21(27)26-11-4-3-5-20(26)24-17/h3-9,11,13,15,19H,10,12,14H2,1-2H3. The van der Waals surface area contributed by atoms with Gasteiger partial charge in [0.15, 0.2) is 0 Å². The number of ether oxygens (including phenoxy) is 1. The topological polar surface area (TPSA) is 81.0 Å². The molecule has 0 saturated carbocycles. The molecule has 7 heteroatoms. The SMILES string of the molecule is CC(C)c1ccc(N2CCC(C(=O)OCc3cc(=O)n4ccccc4n3)C2=O)cc1. The van der Waals surface area contributed by atoms with Crippen LogP contribution in [0, 0.1) is 5.92 Å². The molecule has 1 saturated heterocycles. The van der Waals surface area contributed by atoms with Crippen molar-refractivity contribution in [1.82, 2.24) is 9.38 Å². The second-order valence-electron chi connectivity index (χ2n) is 7.70. The summed E-state index contributed by atoms with van der Waals surface area (Å²) in [5.41, 5.74) is 2.55. The van der Waals surface area contributed by atoms with Gasteiger partial charge >= 0.3 is 5.97 Å². The van der Waals surface area contributed by atoms with Crippen molar-refractivity contribution in [3.8, 4) is 0 Å². The van der Waals surface area contributed by atoms with Gasteiger partial charge in [0.1, 0.15) is 18.2 Å². The minimum Gasteiger partial charge on any atom is -0.459 e. The van der Waals surface area contributed by atoms with E-state index in [2.05, 4.69) is 18.8 Å². The third kappa shape index (κ3) is 3.83. The molecule has 1 amide bonds. The van der Waals surface area contributed by atoms with Crippen LogP contribution < -0.4 is 10.5 Å². The van der Waals surface area contributed by atoms with E-state index in [0.29, 0.717) is 30.2 Å². The number of carbonyl (C=O) groups excluding carboxylic acids is 2. The van der Waals surface area contributed by atoms with Crippen LogP contribution in [0.25, 0.3) is 5.65 Å². The minimum atomic E-state index is -0.837. The van der Waals surface area contributed by atoms with Crippen molar-refractivity contribution in [3.63, 3.8) is 0 Å². The van der Waals surface area contributed by atoms with Crippen molar-refractivity contribution in [2.45, 2.75) is 32.8 Å². The number of carbonyl (C=O) groups is 2. The van der Waals surface area contributed by atoms with Gasteiger partial charge in [0.05, 0.1) is 5.69 Å². The average Bonchev–Trinajstić information content (AvgIpc) is 3.13. The summed E-state index contributed by atoms with van der Waals surface area (Å²) >= 11 is 0. The number of esters is 1. The number of rotatable bonds is 5. The van der Waals surface area contributed by atoms with Crippen LogP contribution in [0.3, 0.4) is 0 Å². The highest BCUT2D eigenvalue weighted by molar-refractivity contribution is 6.08. The molecule has 30 heavy (non-hydrogen) atoms. The third-order valence-electron chi connectivity index (χ3n) is 5.35. The summed E-state index contributed by atoms with van der Waals surface area (Å²) in [7, 11) is 0. The number of anilines is 1. The fourth-order valence-corrected chi connectivity index (χ4v) is 3.62. The zero-order chi connectivity index (χ0) is 21.3. The normalized spacial score (nSPS) is 16.4. The predicted octanol–water partition coefficient (Wildman–Crippen LogP) is 2.91. The molecule has 0 N–H and O–H groups in total. The summed E-state index contributed by atoms with van der Waals surface area (Å²) in [6.07, 6.45) is 2.03. The van der Waals surface area contributed by atoms with Crippen molar-refractivity contribution in [3.05, 3.63) is 76.3 Å². The number of aromatic nitrogens is 2. The molecule has 1 aromatic carbocycles. The van der Waals surface area contributed by atoms with Crippen LogP contribution in [0.15, 0.2) is 59.5 Å². The van der Waals surface area contributed by atoms with E-state index in [4.69, 9.17) is 4.74 Å². The predicted molar refractivity (Wildman–Crippen MR) is 112 cm³/mol. The highest BCUT2D eigenvalue weighted by Gasteiger charge is 2.38. The second kappa shape index (κ2) is 8.10. The molecule has 7 nitrogen and oxygen atoms in total. The van der Waals surface area contributed by atoms with Gasteiger partial charge in [0.2, 0.25) is 5.91 Å². The van der Waals surface area contributed by atoms with Gasteiger partial charge in [-0.2, -0.15) is 0 Å². The quantitative estimate of drug-likeness (QED) is 0.482. The molecule has 1 fully saturated rings. The van der Waals surface area contributed by atoms with E-state index in [1.54, 1.807) is 29.3 Å².